The average molecular weight is 264 g/mol. The Bertz CT molecular complexity index is 343. The van der Waals surface area contributed by atoms with Crippen LogP contribution in [0.25, 0.3) is 0 Å². The predicted molar refractivity (Wildman–Crippen MR) is 65.2 cm³/mol. The summed E-state index contributed by atoms with van der Waals surface area (Å²) in [5.41, 5.74) is 0.884. The van der Waals surface area contributed by atoms with Crippen molar-refractivity contribution in [1.29, 1.82) is 0 Å². The molecule has 1 unspecified atom stereocenters. The minimum absolute atomic E-state index is 0. The average Bonchev–Trinajstić information content (AvgIpc) is 2.30. The number of hydrogen-bond donors (Lipinski definition) is 1. The van der Waals surface area contributed by atoms with Gasteiger partial charge in [-0.2, -0.15) is 8.78 Å². The molecule has 1 fully saturated rings. The lowest BCUT2D eigenvalue weighted by Crippen LogP contribution is -2.28. The van der Waals surface area contributed by atoms with E-state index in [4.69, 9.17) is 0 Å². The Labute approximate surface area is 106 Å². The second kappa shape index (κ2) is 6.77. The molecule has 5 heteroatoms. The fourth-order valence-electron chi connectivity index (χ4n) is 2.14. The number of halogens is 3. The molecule has 0 aliphatic carbocycles. The van der Waals surface area contributed by atoms with E-state index in [0.717, 1.165) is 31.5 Å². The van der Waals surface area contributed by atoms with Gasteiger partial charge in [-0.1, -0.05) is 18.2 Å². The molecule has 0 bridgehead atoms. The van der Waals surface area contributed by atoms with Crippen molar-refractivity contribution < 1.29 is 13.5 Å². The summed E-state index contributed by atoms with van der Waals surface area (Å²) in [6.45, 7) is -0.907. The summed E-state index contributed by atoms with van der Waals surface area (Å²) in [5, 5.41) is 3.27. The highest BCUT2D eigenvalue weighted by Gasteiger charge is 2.19. The molecule has 1 aliphatic rings. The molecular weight excluding hydrogens is 248 g/mol. The van der Waals surface area contributed by atoms with Crippen molar-refractivity contribution in [1.82, 2.24) is 5.32 Å². The van der Waals surface area contributed by atoms with Gasteiger partial charge in [-0.3, -0.25) is 0 Å². The number of rotatable bonds is 3. The molecule has 17 heavy (non-hydrogen) atoms. The minimum atomic E-state index is -2.75. The summed E-state index contributed by atoms with van der Waals surface area (Å²) in [6, 6.07) is 7.06. The highest BCUT2D eigenvalue weighted by Crippen LogP contribution is 2.31. The molecular formula is C12H16ClF2NO. The third-order valence-electron chi connectivity index (χ3n) is 2.87. The Morgan fingerprint density at radius 3 is 2.71 bits per heavy atom. The maximum absolute atomic E-state index is 12.2. The Morgan fingerprint density at radius 1 is 1.29 bits per heavy atom. The fraction of sp³-hybridized carbons (Fsp3) is 0.500. The topological polar surface area (TPSA) is 21.3 Å². The van der Waals surface area contributed by atoms with Crippen LogP contribution < -0.4 is 10.1 Å². The molecule has 96 valence electrons. The van der Waals surface area contributed by atoms with Crippen LogP contribution in [0.3, 0.4) is 0 Å². The number of hydrogen-bond acceptors (Lipinski definition) is 2. The van der Waals surface area contributed by atoms with Crippen molar-refractivity contribution in [3.05, 3.63) is 29.8 Å². The van der Waals surface area contributed by atoms with Crippen molar-refractivity contribution in [2.75, 3.05) is 13.1 Å². The second-order valence-electron chi connectivity index (χ2n) is 3.96. The zero-order chi connectivity index (χ0) is 11.4. The van der Waals surface area contributed by atoms with Gasteiger partial charge in [-0.05, 0) is 31.0 Å². The molecule has 0 spiro atoms. The summed E-state index contributed by atoms with van der Waals surface area (Å²) in [7, 11) is 0. The third kappa shape index (κ3) is 3.82. The van der Waals surface area contributed by atoms with Gasteiger partial charge in [0.1, 0.15) is 5.75 Å². The van der Waals surface area contributed by atoms with Crippen molar-refractivity contribution in [3.8, 4) is 5.75 Å². The molecule has 0 saturated carbocycles. The van der Waals surface area contributed by atoms with Crippen LogP contribution in [0.2, 0.25) is 0 Å². The van der Waals surface area contributed by atoms with Gasteiger partial charge < -0.3 is 10.1 Å². The summed E-state index contributed by atoms with van der Waals surface area (Å²) >= 11 is 0. The quantitative estimate of drug-likeness (QED) is 0.904. The van der Waals surface area contributed by atoms with Crippen molar-refractivity contribution in [2.45, 2.75) is 25.4 Å². The lowest BCUT2D eigenvalue weighted by Gasteiger charge is -2.24. The second-order valence-corrected chi connectivity index (χ2v) is 3.96. The van der Waals surface area contributed by atoms with E-state index < -0.39 is 6.61 Å². The van der Waals surface area contributed by atoms with Gasteiger partial charge in [-0.15, -0.1) is 12.4 Å². The van der Waals surface area contributed by atoms with E-state index in [0.29, 0.717) is 5.75 Å². The van der Waals surface area contributed by atoms with Crippen LogP contribution in [0.15, 0.2) is 24.3 Å². The molecule has 1 aliphatic heterocycles. The molecule has 1 heterocycles. The third-order valence-corrected chi connectivity index (χ3v) is 2.87. The monoisotopic (exact) mass is 263 g/mol. The minimum Gasteiger partial charge on any atom is -0.435 e. The van der Waals surface area contributed by atoms with E-state index >= 15 is 0 Å². The molecule has 1 atom stereocenters. The lowest BCUT2D eigenvalue weighted by atomic mass is 9.91. The van der Waals surface area contributed by atoms with Crippen LogP contribution in [-0.4, -0.2) is 19.7 Å². The van der Waals surface area contributed by atoms with E-state index in [9.17, 15) is 8.78 Å². The standard InChI is InChI=1S/C12H15F2NO.ClH/c13-12(14)16-11-6-2-1-5-10(11)9-4-3-7-15-8-9;/h1-2,5-6,9,12,15H,3-4,7-8H2;1H. The number of para-hydroxylation sites is 1. The SMILES string of the molecule is Cl.FC(F)Oc1ccccc1C1CCCNC1. The van der Waals surface area contributed by atoms with Crippen LogP contribution in [0.4, 0.5) is 8.78 Å². The van der Waals surface area contributed by atoms with Crippen LogP contribution in [-0.2, 0) is 0 Å². The highest BCUT2D eigenvalue weighted by atomic mass is 35.5. The maximum Gasteiger partial charge on any atom is 0.387 e. The molecule has 1 aromatic carbocycles. The fourth-order valence-corrected chi connectivity index (χ4v) is 2.14. The van der Waals surface area contributed by atoms with E-state index in [-0.39, 0.29) is 18.3 Å². The summed E-state index contributed by atoms with van der Waals surface area (Å²) in [5.74, 6) is 0.592. The van der Waals surface area contributed by atoms with Gasteiger partial charge in [-0.25, -0.2) is 0 Å². The Kier molecular flexibility index (Phi) is 5.65. The lowest BCUT2D eigenvalue weighted by molar-refractivity contribution is -0.0506. The Hall–Kier alpha value is -0.870. The van der Waals surface area contributed by atoms with Gasteiger partial charge in [0.15, 0.2) is 0 Å². The molecule has 0 aromatic heterocycles. The van der Waals surface area contributed by atoms with Crippen molar-refractivity contribution >= 4 is 12.4 Å². The van der Waals surface area contributed by atoms with E-state index in [1.54, 1.807) is 12.1 Å². The van der Waals surface area contributed by atoms with E-state index in [1.165, 1.54) is 0 Å². The van der Waals surface area contributed by atoms with E-state index in [2.05, 4.69) is 10.1 Å². The first kappa shape index (κ1) is 14.2. The zero-order valence-corrected chi connectivity index (χ0v) is 10.2. The number of alkyl halides is 2. The predicted octanol–water partition coefficient (Wildman–Crippen LogP) is 3.18. The molecule has 0 amide bonds. The number of ether oxygens (including phenoxy) is 1. The first-order valence-electron chi connectivity index (χ1n) is 5.52. The van der Waals surface area contributed by atoms with Gasteiger partial charge in [0.2, 0.25) is 0 Å². The Balaban J connectivity index is 0.00000144. The molecule has 2 nitrogen and oxygen atoms in total. The van der Waals surface area contributed by atoms with Crippen LogP contribution >= 0.6 is 12.4 Å². The first-order chi connectivity index (χ1) is 7.77. The van der Waals surface area contributed by atoms with Gasteiger partial charge in [0, 0.05) is 12.5 Å². The van der Waals surface area contributed by atoms with Gasteiger partial charge >= 0.3 is 6.61 Å². The number of piperidine rings is 1. The molecule has 1 aromatic rings. The smallest absolute Gasteiger partial charge is 0.387 e. The van der Waals surface area contributed by atoms with Crippen molar-refractivity contribution in [3.63, 3.8) is 0 Å². The zero-order valence-electron chi connectivity index (χ0n) is 9.36. The molecule has 2 rings (SSSR count). The first-order valence-corrected chi connectivity index (χ1v) is 5.52. The molecule has 1 saturated heterocycles. The Morgan fingerprint density at radius 2 is 2.06 bits per heavy atom. The highest BCUT2D eigenvalue weighted by molar-refractivity contribution is 5.85. The largest absolute Gasteiger partial charge is 0.435 e. The molecule has 0 radical (unpaired) electrons. The number of nitrogens with one attached hydrogen (secondary N) is 1. The van der Waals surface area contributed by atoms with Crippen LogP contribution in [0, 0.1) is 0 Å². The summed E-state index contributed by atoms with van der Waals surface area (Å²) in [6.07, 6.45) is 2.10. The van der Waals surface area contributed by atoms with Gasteiger partial charge in [0.25, 0.3) is 0 Å². The van der Waals surface area contributed by atoms with Crippen molar-refractivity contribution in [2.24, 2.45) is 0 Å². The normalized spacial score (nSPS) is 19.8. The maximum atomic E-state index is 12.2. The van der Waals surface area contributed by atoms with E-state index in [1.807, 2.05) is 12.1 Å². The number of benzene rings is 1. The van der Waals surface area contributed by atoms with Crippen LogP contribution in [0.1, 0.15) is 24.3 Å². The van der Waals surface area contributed by atoms with Crippen LogP contribution in [0.5, 0.6) is 5.75 Å². The summed E-state index contributed by atoms with van der Waals surface area (Å²) in [4.78, 5) is 0. The molecule has 1 N–H and O–H groups in total. The van der Waals surface area contributed by atoms with Gasteiger partial charge in [0.05, 0.1) is 0 Å². The summed E-state index contributed by atoms with van der Waals surface area (Å²) < 4.78 is 29.0.